The number of thiazole rings is 1. The van der Waals surface area contributed by atoms with Crippen molar-refractivity contribution in [2.75, 3.05) is 7.11 Å². The molecule has 5 heteroatoms. The van der Waals surface area contributed by atoms with Gasteiger partial charge < -0.3 is 4.74 Å². The van der Waals surface area contributed by atoms with Crippen LogP contribution in [0.3, 0.4) is 0 Å². The van der Waals surface area contributed by atoms with Crippen molar-refractivity contribution in [1.29, 1.82) is 0 Å². The van der Waals surface area contributed by atoms with Gasteiger partial charge in [0.15, 0.2) is 4.96 Å². The minimum absolute atomic E-state index is 0.140. The number of rotatable bonds is 6. The van der Waals surface area contributed by atoms with Crippen molar-refractivity contribution in [3.8, 4) is 0 Å². The summed E-state index contributed by atoms with van der Waals surface area (Å²) in [4.78, 5) is 16.7. The average molecular weight is 266 g/mol. The minimum atomic E-state index is -0.140. The first-order valence-corrected chi connectivity index (χ1v) is 7.13. The van der Waals surface area contributed by atoms with E-state index < -0.39 is 0 Å². The van der Waals surface area contributed by atoms with Crippen molar-refractivity contribution >= 4 is 22.3 Å². The van der Waals surface area contributed by atoms with Crippen LogP contribution in [0.25, 0.3) is 4.96 Å². The fourth-order valence-corrected chi connectivity index (χ4v) is 2.87. The third-order valence-corrected chi connectivity index (χ3v) is 3.77. The molecular formula is C13H18N2O2S. The highest BCUT2D eigenvalue weighted by molar-refractivity contribution is 7.15. The number of carbonyl (C=O) groups excluding carboxylic acids is 1. The first kappa shape index (κ1) is 13.1. The Morgan fingerprint density at radius 3 is 3.06 bits per heavy atom. The Morgan fingerprint density at radius 1 is 1.50 bits per heavy atom. The monoisotopic (exact) mass is 266 g/mol. The predicted molar refractivity (Wildman–Crippen MR) is 72.0 cm³/mol. The van der Waals surface area contributed by atoms with Gasteiger partial charge in [0.25, 0.3) is 0 Å². The van der Waals surface area contributed by atoms with E-state index in [0.717, 1.165) is 36.3 Å². The Morgan fingerprint density at radius 2 is 2.33 bits per heavy atom. The Kier molecular flexibility index (Phi) is 4.36. The molecule has 2 rings (SSSR count). The molecule has 2 aromatic rings. The third kappa shape index (κ3) is 2.90. The van der Waals surface area contributed by atoms with E-state index in [1.165, 1.54) is 12.8 Å². The molecule has 98 valence electrons. The highest BCUT2D eigenvalue weighted by Gasteiger charge is 2.08. The second-order valence-corrected chi connectivity index (χ2v) is 5.13. The summed E-state index contributed by atoms with van der Waals surface area (Å²) in [6, 6.07) is 0. The number of imidazole rings is 1. The number of esters is 1. The number of aromatic nitrogens is 2. The number of methoxy groups -OCH3 is 1. The zero-order valence-electron chi connectivity index (χ0n) is 10.8. The van der Waals surface area contributed by atoms with Crippen molar-refractivity contribution in [1.82, 2.24) is 9.38 Å². The summed E-state index contributed by atoms with van der Waals surface area (Å²) in [6.45, 7) is 2.16. The second kappa shape index (κ2) is 6.00. The summed E-state index contributed by atoms with van der Waals surface area (Å²) in [5, 5.41) is 2.12. The first-order chi connectivity index (χ1) is 8.74. The van der Waals surface area contributed by atoms with Crippen LogP contribution in [0.15, 0.2) is 11.6 Å². The zero-order chi connectivity index (χ0) is 13.0. The van der Waals surface area contributed by atoms with E-state index in [2.05, 4.69) is 32.6 Å². The van der Waals surface area contributed by atoms with Gasteiger partial charge in [-0.1, -0.05) is 13.3 Å². The summed E-state index contributed by atoms with van der Waals surface area (Å²) < 4.78 is 6.78. The summed E-state index contributed by atoms with van der Waals surface area (Å²) in [6.07, 6.45) is 6.43. The fourth-order valence-electron chi connectivity index (χ4n) is 1.95. The molecule has 0 aliphatic rings. The molecule has 2 heterocycles. The van der Waals surface area contributed by atoms with E-state index in [4.69, 9.17) is 0 Å². The van der Waals surface area contributed by atoms with Crippen LogP contribution in [-0.2, 0) is 22.4 Å². The lowest BCUT2D eigenvalue weighted by Gasteiger charge is -1.99. The van der Waals surface area contributed by atoms with E-state index in [1.54, 1.807) is 11.3 Å². The summed E-state index contributed by atoms with van der Waals surface area (Å²) >= 11 is 1.66. The van der Waals surface area contributed by atoms with Crippen LogP contribution < -0.4 is 0 Å². The molecule has 0 unspecified atom stereocenters. The quantitative estimate of drug-likeness (QED) is 0.755. The lowest BCUT2D eigenvalue weighted by Crippen LogP contribution is -2.01. The van der Waals surface area contributed by atoms with E-state index in [-0.39, 0.29) is 5.97 Å². The number of hydrogen-bond acceptors (Lipinski definition) is 4. The molecule has 0 aliphatic carbocycles. The zero-order valence-corrected chi connectivity index (χ0v) is 11.6. The molecule has 0 bridgehead atoms. The maximum atomic E-state index is 11.1. The molecule has 0 aromatic carbocycles. The molecular weight excluding hydrogens is 248 g/mol. The topological polar surface area (TPSA) is 43.6 Å². The highest BCUT2D eigenvalue weighted by Crippen LogP contribution is 2.19. The fraction of sp³-hybridized carbons (Fsp3) is 0.538. The molecule has 0 amide bonds. The van der Waals surface area contributed by atoms with E-state index in [9.17, 15) is 4.79 Å². The van der Waals surface area contributed by atoms with Gasteiger partial charge in [-0.05, 0) is 19.3 Å². The number of ether oxygens (including phenoxy) is 1. The number of carbonyl (C=O) groups is 1. The van der Waals surface area contributed by atoms with Gasteiger partial charge in [0.05, 0.1) is 12.8 Å². The van der Waals surface area contributed by atoms with Gasteiger partial charge in [-0.25, -0.2) is 4.98 Å². The summed E-state index contributed by atoms with van der Waals surface area (Å²) in [5.41, 5.74) is 2.38. The smallest absolute Gasteiger partial charge is 0.305 e. The molecule has 0 aliphatic heterocycles. The standard InChI is InChI=1S/C13H18N2O2S/c1-3-5-10-8-15-11(9-18-13(15)14-10)6-4-7-12(16)17-2/h8-9H,3-7H2,1-2H3. The van der Waals surface area contributed by atoms with Crippen molar-refractivity contribution < 1.29 is 9.53 Å². The van der Waals surface area contributed by atoms with Gasteiger partial charge in [0.2, 0.25) is 0 Å². The Labute approximate surface area is 111 Å². The minimum Gasteiger partial charge on any atom is -0.469 e. The van der Waals surface area contributed by atoms with Crippen LogP contribution in [-0.4, -0.2) is 22.5 Å². The molecule has 0 spiro atoms. The van der Waals surface area contributed by atoms with Crippen LogP contribution in [0.2, 0.25) is 0 Å². The normalized spacial score (nSPS) is 11.0. The Bertz CT molecular complexity index is 530. The molecule has 0 saturated heterocycles. The van der Waals surface area contributed by atoms with Crippen LogP contribution in [0.5, 0.6) is 0 Å². The maximum Gasteiger partial charge on any atom is 0.305 e. The predicted octanol–water partition coefficient (Wildman–Crippen LogP) is 2.84. The lowest BCUT2D eigenvalue weighted by atomic mass is 10.2. The number of fused-ring (bicyclic) bond motifs is 1. The van der Waals surface area contributed by atoms with E-state index in [1.807, 2.05) is 0 Å². The molecule has 4 nitrogen and oxygen atoms in total. The summed E-state index contributed by atoms with van der Waals surface area (Å²) in [7, 11) is 1.43. The average Bonchev–Trinajstić information content (AvgIpc) is 2.91. The third-order valence-electron chi connectivity index (χ3n) is 2.88. The van der Waals surface area contributed by atoms with Crippen LogP contribution in [0.1, 0.15) is 37.6 Å². The van der Waals surface area contributed by atoms with Crippen LogP contribution in [0.4, 0.5) is 0 Å². The van der Waals surface area contributed by atoms with Crippen molar-refractivity contribution in [3.05, 3.63) is 23.0 Å². The van der Waals surface area contributed by atoms with Gasteiger partial charge >= 0.3 is 5.97 Å². The molecule has 2 aromatic heterocycles. The van der Waals surface area contributed by atoms with Crippen molar-refractivity contribution in [2.45, 2.75) is 39.0 Å². The Hall–Kier alpha value is -1.36. The van der Waals surface area contributed by atoms with Crippen molar-refractivity contribution in [3.63, 3.8) is 0 Å². The molecule has 18 heavy (non-hydrogen) atoms. The van der Waals surface area contributed by atoms with Gasteiger partial charge in [-0.2, -0.15) is 0 Å². The number of nitrogens with zero attached hydrogens (tertiary/aromatic N) is 2. The number of aryl methyl sites for hydroxylation is 2. The summed E-state index contributed by atoms with van der Waals surface area (Å²) in [5.74, 6) is -0.140. The van der Waals surface area contributed by atoms with Crippen LogP contribution >= 0.6 is 11.3 Å². The molecule has 0 fully saturated rings. The maximum absolute atomic E-state index is 11.1. The molecule has 0 radical (unpaired) electrons. The number of hydrogen-bond donors (Lipinski definition) is 0. The highest BCUT2D eigenvalue weighted by atomic mass is 32.1. The lowest BCUT2D eigenvalue weighted by molar-refractivity contribution is -0.140. The molecule has 0 atom stereocenters. The van der Waals surface area contributed by atoms with Gasteiger partial charge in [0, 0.05) is 23.7 Å². The van der Waals surface area contributed by atoms with Crippen LogP contribution in [0, 0.1) is 0 Å². The van der Waals surface area contributed by atoms with Gasteiger partial charge in [-0.3, -0.25) is 9.20 Å². The molecule has 0 saturated carbocycles. The molecule has 0 N–H and O–H groups in total. The first-order valence-electron chi connectivity index (χ1n) is 6.25. The largest absolute Gasteiger partial charge is 0.469 e. The second-order valence-electron chi connectivity index (χ2n) is 4.29. The van der Waals surface area contributed by atoms with Gasteiger partial charge in [0.1, 0.15) is 0 Å². The SMILES string of the molecule is CCCc1cn2c(CCCC(=O)OC)csc2n1. The van der Waals surface area contributed by atoms with Gasteiger partial charge in [-0.15, -0.1) is 11.3 Å². The Balaban J connectivity index is 2.01. The van der Waals surface area contributed by atoms with Crippen molar-refractivity contribution in [2.24, 2.45) is 0 Å². The van der Waals surface area contributed by atoms with E-state index in [0.29, 0.717) is 6.42 Å². The van der Waals surface area contributed by atoms with E-state index >= 15 is 0 Å².